The summed E-state index contributed by atoms with van der Waals surface area (Å²) >= 11 is 1.48. The Morgan fingerprint density at radius 2 is 2.29 bits per heavy atom. The molecule has 0 saturated carbocycles. The lowest BCUT2D eigenvalue weighted by Gasteiger charge is -2.12. The van der Waals surface area contributed by atoms with Gasteiger partial charge in [-0.05, 0) is 25.1 Å². The van der Waals surface area contributed by atoms with Gasteiger partial charge in [-0.25, -0.2) is 14.6 Å². The number of aromatic nitrogens is 1. The second-order valence-corrected chi connectivity index (χ2v) is 6.76. The zero-order chi connectivity index (χ0) is 17.3. The highest BCUT2D eigenvalue weighted by Gasteiger charge is 2.28. The molecule has 0 unspecified atom stereocenters. The van der Waals surface area contributed by atoms with Crippen molar-refractivity contribution in [2.45, 2.75) is 13.0 Å². The van der Waals surface area contributed by atoms with Gasteiger partial charge >= 0.3 is 12.1 Å². The molecule has 7 nitrogen and oxygen atoms in total. The average molecular weight is 348 g/mol. The zero-order valence-electron chi connectivity index (χ0n) is 13.2. The third-order valence-electron chi connectivity index (χ3n) is 3.51. The molecule has 1 fully saturated rings. The maximum atomic E-state index is 11.3. The number of cyclic esters (lactones) is 1. The Balaban J connectivity index is 1.80. The van der Waals surface area contributed by atoms with Crippen molar-refractivity contribution >= 4 is 23.4 Å². The van der Waals surface area contributed by atoms with Crippen LogP contribution >= 0.6 is 11.3 Å². The highest BCUT2D eigenvalue weighted by molar-refractivity contribution is 7.14. The van der Waals surface area contributed by atoms with Gasteiger partial charge < -0.3 is 19.5 Å². The van der Waals surface area contributed by atoms with E-state index in [1.165, 1.54) is 22.3 Å². The monoisotopic (exact) mass is 348 g/mol. The summed E-state index contributed by atoms with van der Waals surface area (Å²) in [6.07, 6.45) is 0.977. The Kier molecular flexibility index (Phi) is 4.39. The minimum absolute atomic E-state index is 0.121. The molecule has 1 aromatic heterocycles. The van der Waals surface area contributed by atoms with E-state index >= 15 is 0 Å². The number of carboxylic acid groups (broad SMARTS) is 1. The number of nitrogens with zero attached hydrogens (tertiary/aromatic N) is 2. The predicted octanol–water partition coefficient (Wildman–Crippen LogP) is 2.65. The van der Waals surface area contributed by atoms with Gasteiger partial charge in [0.05, 0.1) is 12.1 Å². The van der Waals surface area contributed by atoms with Crippen molar-refractivity contribution < 1.29 is 24.2 Å². The number of benzene rings is 1. The molecule has 1 N–H and O–H groups in total. The van der Waals surface area contributed by atoms with Crippen molar-refractivity contribution in [2.24, 2.45) is 0 Å². The number of likely N-dealkylation sites (N-methyl/N-ethyl adjacent to an activating group) is 1. The highest BCUT2D eigenvalue weighted by Crippen LogP contribution is 2.29. The van der Waals surface area contributed by atoms with E-state index in [2.05, 4.69) is 4.98 Å². The van der Waals surface area contributed by atoms with Crippen LogP contribution in [0.5, 0.6) is 5.75 Å². The molecule has 2 heterocycles. The normalized spacial score (nSPS) is 17.0. The molecule has 1 atom stereocenters. The molecule has 126 valence electrons. The lowest BCUT2D eigenvalue weighted by Crippen LogP contribution is -2.23. The second-order valence-electron chi connectivity index (χ2n) is 5.52. The van der Waals surface area contributed by atoms with E-state index < -0.39 is 5.97 Å². The minimum atomic E-state index is -1.04. The van der Waals surface area contributed by atoms with Crippen LogP contribution in [0, 0.1) is 6.92 Å². The summed E-state index contributed by atoms with van der Waals surface area (Å²) in [7, 11) is 1.65. The van der Waals surface area contributed by atoms with Crippen LogP contribution in [0.2, 0.25) is 0 Å². The van der Waals surface area contributed by atoms with E-state index in [1.807, 2.05) is 6.92 Å². The topological polar surface area (TPSA) is 89.0 Å². The maximum Gasteiger partial charge on any atom is 0.410 e. The van der Waals surface area contributed by atoms with Crippen LogP contribution in [0.3, 0.4) is 0 Å². The van der Waals surface area contributed by atoms with Gasteiger partial charge in [0.15, 0.2) is 6.10 Å². The van der Waals surface area contributed by atoms with Crippen molar-refractivity contribution in [3.63, 3.8) is 0 Å². The maximum absolute atomic E-state index is 11.3. The number of carboxylic acids is 1. The Morgan fingerprint density at radius 1 is 1.50 bits per heavy atom. The highest BCUT2D eigenvalue weighted by atomic mass is 32.1. The zero-order valence-corrected chi connectivity index (χ0v) is 14.0. The van der Waals surface area contributed by atoms with Gasteiger partial charge in [-0.2, -0.15) is 0 Å². The predicted molar refractivity (Wildman–Crippen MR) is 87.6 cm³/mol. The van der Waals surface area contributed by atoms with Crippen molar-refractivity contribution in [1.82, 2.24) is 9.88 Å². The van der Waals surface area contributed by atoms with E-state index in [9.17, 15) is 14.7 Å². The lowest BCUT2D eigenvalue weighted by atomic mass is 10.1. The number of hydrogen-bond acceptors (Lipinski definition) is 6. The molecule has 8 heteroatoms. The molecular weight excluding hydrogens is 332 g/mol. The van der Waals surface area contributed by atoms with Crippen LogP contribution < -0.4 is 4.74 Å². The first-order valence-electron chi connectivity index (χ1n) is 7.28. The molecule has 1 amide bonds. The molecule has 24 heavy (non-hydrogen) atoms. The Bertz CT molecular complexity index is 789. The third-order valence-corrected chi connectivity index (χ3v) is 4.48. The van der Waals surface area contributed by atoms with Crippen molar-refractivity contribution in [1.29, 1.82) is 0 Å². The number of hydrogen-bond donors (Lipinski definition) is 1. The first kappa shape index (κ1) is 16.3. The second kappa shape index (κ2) is 6.48. The quantitative estimate of drug-likeness (QED) is 0.893. The number of carbonyl (C=O) groups is 2. The van der Waals surface area contributed by atoms with Crippen LogP contribution in [0.4, 0.5) is 4.79 Å². The van der Waals surface area contributed by atoms with Crippen LogP contribution in [-0.4, -0.2) is 53.4 Å². The molecule has 0 aliphatic carbocycles. The van der Waals surface area contributed by atoms with Crippen LogP contribution in [0.25, 0.3) is 10.6 Å². The Morgan fingerprint density at radius 3 is 2.88 bits per heavy atom. The number of aromatic carboxylic acids is 1. The summed E-state index contributed by atoms with van der Waals surface area (Å²) in [5.74, 6) is -0.634. The summed E-state index contributed by atoms with van der Waals surface area (Å²) in [6.45, 7) is 2.54. The van der Waals surface area contributed by atoms with Crippen molar-refractivity contribution in [3.8, 4) is 16.3 Å². The van der Waals surface area contributed by atoms with E-state index in [0.29, 0.717) is 17.9 Å². The van der Waals surface area contributed by atoms with E-state index in [4.69, 9.17) is 9.47 Å². The van der Waals surface area contributed by atoms with Gasteiger partial charge in [0.2, 0.25) is 0 Å². The van der Waals surface area contributed by atoms with Gasteiger partial charge in [0.1, 0.15) is 17.4 Å². The van der Waals surface area contributed by atoms with Crippen LogP contribution in [0.1, 0.15) is 15.2 Å². The first-order valence-corrected chi connectivity index (χ1v) is 8.10. The van der Waals surface area contributed by atoms with E-state index in [1.54, 1.807) is 25.4 Å². The fourth-order valence-corrected chi connectivity index (χ4v) is 3.09. The van der Waals surface area contributed by atoms with E-state index in [0.717, 1.165) is 9.88 Å². The largest absolute Gasteiger partial charge is 0.490 e. The number of thiazole rings is 1. The first-order chi connectivity index (χ1) is 11.4. The number of aryl methyl sites for hydroxylation is 1. The summed E-state index contributed by atoms with van der Waals surface area (Å²) in [6, 6.07) is 4.76. The standard InChI is InChI=1S/C16H16N2O5S/c1-9-6-17-14(24-9)10-3-11(15(19)20)5-12(4-10)22-8-13-7-18(2)16(21)23-13/h3-6,13H,7-8H2,1-2H3,(H,19,20)/t13-/m0/s1. The molecule has 0 spiro atoms. The fourth-order valence-electron chi connectivity index (χ4n) is 2.34. The summed E-state index contributed by atoms with van der Waals surface area (Å²) in [5, 5.41) is 10.0. The molecule has 1 aromatic carbocycles. The van der Waals surface area contributed by atoms with Crippen LogP contribution in [-0.2, 0) is 4.74 Å². The van der Waals surface area contributed by atoms with Crippen molar-refractivity contribution in [3.05, 3.63) is 34.8 Å². The Hall–Kier alpha value is -2.61. The molecule has 1 aliphatic heterocycles. The van der Waals surface area contributed by atoms with Gasteiger partial charge in [-0.3, -0.25) is 0 Å². The summed E-state index contributed by atoms with van der Waals surface area (Å²) in [5.41, 5.74) is 0.805. The average Bonchev–Trinajstić information content (AvgIpc) is 3.11. The van der Waals surface area contributed by atoms with E-state index in [-0.39, 0.29) is 24.4 Å². The summed E-state index contributed by atoms with van der Waals surface area (Å²) < 4.78 is 10.8. The Labute approximate surface area is 142 Å². The molecule has 1 aliphatic rings. The molecular formula is C16H16N2O5S. The number of rotatable bonds is 5. The van der Waals surface area contributed by atoms with Gasteiger partial charge in [0.25, 0.3) is 0 Å². The molecule has 2 aromatic rings. The van der Waals surface area contributed by atoms with Gasteiger partial charge in [-0.1, -0.05) is 0 Å². The number of amides is 1. The molecule has 0 radical (unpaired) electrons. The molecule has 0 bridgehead atoms. The SMILES string of the molecule is Cc1cnc(-c2cc(OC[C@@H]3CN(C)C(=O)O3)cc(C(=O)O)c2)s1. The molecule has 3 rings (SSSR count). The number of ether oxygens (including phenoxy) is 2. The van der Waals surface area contributed by atoms with Gasteiger partial charge in [0, 0.05) is 23.7 Å². The summed E-state index contributed by atoms with van der Waals surface area (Å²) in [4.78, 5) is 29.5. The number of carbonyl (C=O) groups excluding carboxylic acids is 1. The lowest BCUT2D eigenvalue weighted by molar-refractivity contribution is 0.0696. The minimum Gasteiger partial charge on any atom is -0.490 e. The smallest absolute Gasteiger partial charge is 0.410 e. The fraction of sp³-hybridized carbons (Fsp3) is 0.312. The third kappa shape index (κ3) is 3.48. The van der Waals surface area contributed by atoms with Crippen LogP contribution in [0.15, 0.2) is 24.4 Å². The molecule has 1 saturated heterocycles. The van der Waals surface area contributed by atoms with Gasteiger partial charge in [-0.15, -0.1) is 11.3 Å². The van der Waals surface area contributed by atoms with Crippen molar-refractivity contribution in [2.75, 3.05) is 20.2 Å².